The molecule has 0 aliphatic rings. The summed E-state index contributed by atoms with van der Waals surface area (Å²) in [5, 5.41) is 17.7. The van der Waals surface area contributed by atoms with Gasteiger partial charge in [0.2, 0.25) is 0 Å². The van der Waals surface area contributed by atoms with Gasteiger partial charge in [-0.05, 0) is 36.0 Å². The zero-order valence-electron chi connectivity index (χ0n) is 13.2. The monoisotopic (exact) mass is 410 g/mol. The average Bonchev–Trinajstić information content (AvgIpc) is 3.01. The fourth-order valence-corrected chi connectivity index (χ4v) is 4.20. The molecule has 1 aromatic heterocycles. The highest BCUT2D eigenvalue weighted by atomic mass is 32.2. The number of nitrogens with one attached hydrogen (secondary N) is 4. The molecule has 1 rings (SSSR count). The first kappa shape index (κ1) is 20.7. The van der Waals surface area contributed by atoms with Crippen LogP contribution in [0.5, 0.6) is 0 Å². The Kier molecular flexibility index (Phi) is 11.7. The Balaban J connectivity index is 2.15. The highest BCUT2D eigenvalue weighted by Gasteiger charge is 2.08. The van der Waals surface area contributed by atoms with Gasteiger partial charge in [0, 0.05) is 50.2 Å². The molecule has 4 N–H and O–H groups in total. The third kappa shape index (κ3) is 9.50. The van der Waals surface area contributed by atoms with E-state index in [1.54, 1.807) is 0 Å². The molecule has 0 unspecified atom stereocenters. The average molecular weight is 411 g/mol. The van der Waals surface area contributed by atoms with Crippen LogP contribution in [0.3, 0.4) is 0 Å². The molecular weight excluding hydrogens is 389 g/mol. The lowest BCUT2D eigenvalue weighted by Crippen LogP contribution is -2.33. The summed E-state index contributed by atoms with van der Waals surface area (Å²) in [6, 6.07) is 0. The highest BCUT2D eigenvalue weighted by molar-refractivity contribution is 7.99. The molecular formula is C12H22N6S5. The van der Waals surface area contributed by atoms with Gasteiger partial charge in [-0.2, -0.15) is 23.5 Å². The first-order valence-electron chi connectivity index (χ1n) is 7.04. The van der Waals surface area contributed by atoms with Crippen LogP contribution in [0.25, 0.3) is 0 Å². The van der Waals surface area contributed by atoms with Crippen LogP contribution in [-0.4, -0.2) is 58.5 Å². The fraction of sp³-hybridized carbons (Fsp3) is 0.667. The van der Waals surface area contributed by atoms with Gasteiger partial charge in [0.1, 0.15) is 0 Å². The van der Waals surface area contributed by atoms with Crippen molar-refractivity contribution in [3.05, 3.63) is 10.6 Å². The van der Waals surface area contributed by atoms with Crippen molar-refractivity contribution in [3.8, 4) is 0 Å². The quantitative estimate of drug-likeness (QED) is 0.334. The third-order valence-corrected chi connectivity index (χ3v) is 6.22. The predicted octanol–water partition coefficient (Wildman–Crippen LogP) is 1.19. The zero-order valence-corrected chi connectivity index (χ0v) is 17.3. The van der Waals surface area contributed by atoms with E-state index in [0.717, 1.165) is 41.8 Å². The number of thioether (sulfide) groups is 2. The number of thiocarbonyl (C=S) groups is 2. The maximum atomic E-state index is 5.03. The summed E-state index contributed by atoms with van der Waals surface area (Å²) in [5.41, 5.74) is 1.10. The van der Waals surface area contributed by atoms with Crippen molar-refractivity contribution >= 4 is 69.7 Å². The first-order chi connectivity index (χ1) is 11.2. The van der Waals surface area contributed by atoms with Crippen LogP contribution >= 0.6 is 59.5 Å². The molecule has 0 aromatic carbocycles. The summed E-state index contributed by atoms with van der Waals surface area (Å²) in [7, 11) is 3.63. The van der Waals surface area contributed by atoms with Crippen molar-refractivity contribution in [2.75, 3.05) is 38.7 Å². The van der Waals surface area contributed by atoms with Crippen LogP contribution in [-0.2, 0) is 11.5 Å². The lowest BCUT2D eigenvalue weighted by Gasteiger charge is -2.07. The zero-order chi connectivity index (χ0) is 16.9. The Labute approximate surface area is 160 Å². The summed E-state index contributed by atoms with van der Waals surface area (Å²) in [6.45, 7) is 1.71. The molecule has 11 heteroatoms. The lowest BCUT2D eigenvalue weighted by atomic mass is 10.4. The Hall–Kier alpha value is -0.360. The van der Waals surface area contributed by atoms with Crippen molar-refractivity contribution < 1.29 is 0 Å². The second-order valence-corrected chi connectivity index (χ2v) is 8.13. The molecule has 0 fully saturated rings. The van der Waals surface area contributed by atoms with Crippen LogP contribution in [0.1, 0.15) is 10.6 Å². The van der Waals surface area contributed by atoms with Crippen LogP contribution < -0.4 is 21.3 Å². The minimum Gasteiger partial charge on any atom is -0.366 e. The summed E-state index contributed by atoms with van der Waals surface area (Å²) in [6.07, 6.45) is 0. The van der Waals surface area contributed by atoms with E-state index in [2.05, 4.69) is 30.9 Å². The SMILES string of the molecule is CNC(=S)NCCSCc1nnsc1CSCCNC(=S)NC. The maximum absolute atomic E-state index is 5.03. The van der Waals surface area contributed by atoms with Crippen molar-refractivity contribution in [3.63, 3.8) is 0 Å². The van der Waals surface area contributed by atoms with Gasteiger partial charge in [-0.15, -0.1) is 5.10 Å². The van der Waals surface area contributed by atoms with Crippen LogP contribution in [0.15, 0.2) is 0 Å². The van der Waals surface area contributed by atoms with Crippen molar-refractivity contribution in [2.24, 2.45) is 0 Å². The molecule has 1 aromatic rings. The Morgan fingerprint density at radius 2 is 1.57 bits per heavy atom. The molecule has 23 heavy (non-hydrogen) atoms. The van der Waals surface area contributed by atoms with Gasteiger partial charge >= 0.3 is 0 Å². The Morgan fingerprint density at radius 1 is 1.00 bits per heavy atom. The lowest BCUT2D eigenvalue weighted by molar-refractivity contribution is 0.941. The van der Waals surface area contributed by atoms with Crippen molar-refractivity contribution in [1.82, 2.24) is 30.9 Å². The number of rotatable bonds is 10. The van der Waals surface area contributed by atoms with E-state index < -0.39 is 0 Å². The van der Waals surface area contributed by atoms with Crippen LogP contribution in [0, 0.1) is 0 Å². The van der Waals surface area contributed by atoms with E-state index in [1.807, 2.05) is 37.6 Å². The largest absolute Gasteiger partial charge is 0.366 e. The molecule has 0 aliphatic carbocycles. The summed E-state index contributed by atoms with van der Waals surface area (Å²) >= 11 is 15.2. The molecule has 130 valence electrons. The number of nitrogens with zero attached hydrogens (tertiary/aromatic N) is 2. The fourth-order valence-electron chi connectivity index (χ4n) is 1.43. The topological polar surface area (TPSA) is 73.9 Å². The van der Waals surface area contributed by atoms with E-state index in [-0.39, 0.29) is 0 Å². The molecule has 0 spiro atoms. The molecule has 1 heterocycles. The molecule has 0 amide bonds. The molecule has 0 bridgehead atoms. The minimum atomic E-state index is 0.685. The second-order valence-electron chi connectivity index (χ2n) is 4.26. The van der Waals surface area contributed by atoms with Gasteiger partial charge in [0.05, 0.1) is 10.6 Å². The van der Waals surface area contributed by atoms with E-state index in [0.29, 0.717) is 10.2 Å². The second kappa shape index (κ2) is 13.0. The van der Waals surface area contributed by atoms with E-state index >= 15 is 0 Å². The van der Waals surface area contributed by atoms with Gasteiger partial charge in [0.15, 0.2) is 10.2 Å². The molecule has 0 saturated carbocycles. The van der Waals surface area contributed by atoms with Gasteiger partial charge in [-0.1, -0.05) is 4.49 Å². The molecule has 6 nitrogen and oxygen atoms in total. The molecule has 0 saturated heterocycles. The van der Waals surface area contributed by atoms with Crippen LogP contribution in [0.2, 0.25) is 0 Å². The summed E-state index contributed by atoms with van der Waals surface area (Å²) < 4.78 is 4.08. The third-order valence-electron chi connectivity index (χ3n) is 2.62. The summed E-state index contributed by atoms with van der Waals surface area (Å²) in [4.78, 5) is 1.26. The van der Waals surface area contributed by atoms with E-state index in [4.69, 9.17) is 24.4 Å². The highest BCUT2D eigenvalue weighted by Crippen LogP contribution is 2.21. The molecule has 0 radical (unpaired) electrons. The van der Waals surface area contributed by atoms with Gasteiger partial charge in [0.25, 0.3) is 0 Å². The van der Waals surface area contributed by atoms with E-state index in [9.17, 15) is 0 Å². The number of aromatic nitrogens is 2. The standard InChI is InChI=1S/C12H22N6S5/c1-13-11(19)15-3-5-21-7-9-10(23-18-17-9)8-22-6-4-16-12(20)14-2/h3-8H2,1-2H3,(H2,13,15,19)(H2,14,16,20). The predicted molar refractivity (Wildman–Crippen MR) is 112 cm³/mol. The van der Waals surface area contributed by atoms with Crippen LogP contribution in [0.4, 0.5) is 0 Å². The van der Waals surface area contributed by atoms with Crippen molar-refractivity contribution in [1.29, 1.82) is 0 Å². The Bertz CT molecular complexity index is 440. The van der Waals surface area contributed by atoms with E-state index in [1.165, 1.54) is 16.4 Å². The van der Waals surface area contributed by atoms with Gasteiger partial charge in [-0.3, -0.25) is 0 Å². The van der Waals surface area contributed by atoms with Gasteiger partial charge < -0.3 is 21.3 Å². The normalized spacial score (nSPS) is 10.2. The maximum Gasteiger partial charge on any atom is 0.166 e. The molecule has 0 aliphatic heterocycles. The van der Waals surface area contributed by atoms with Crippen molar-refractivity contribution in [2.45, 2.75) is 11.5 Å². The number of hydrogen-bond acceptors (Lipinski definition) is 7. The molecule has 0 atom stereocenters. The smallest absolute Gasteiger partial charge is 0.166 e. The first-order valence-corrected chi connectivity index (χ1v) is 10.9. The minimum absolute atomic E-state index is 0.685. The number of hydrogen-bond donors (Lipinski definition) is 4. The van der Waals surface area contributed by atoms with Gasteiger partial charge in [-0.25, -0.2) is 0 Å². The Morgan fingerprint density at radius 3 is 2.13 bits per heavy atom. The summed E-state index contributed by atoms with van der Waals surface area (Å²) in [5.74, 6) is 3.82.